The van der Waals surface area contributed by atoms with Crippen LogP contribution in [0, 0.1) is 0 Å². The van der Waals surface area contributed by atoms with Gasteiger partial charge in [-0.25, -0.2) is 4.98 Å². The Labute approximate surface area is 133 Å². The molecule has 0 radical (unpaired) electrons. The fraction of sp³-hybridized carbons (Fsp3) is 0.133. The summed E-state index contributed by atoms with van der Waals surface area (Å²) in [6.45, 7) is 0. The third-order valence-electron chi connectivity index (χ3n) is 2.92. The number of rotatable bonds is 4. The van der Waals surface area contributed by atoms with Gasteiger partial charge in [0.15, 0.2) is 0 Å². The Morgan fingerprint density at radius 1 is 1.15 bits per heavy atom. The summed E-state index contributed by atoms with van der Waals surface area (Å²) >= 11 is 6.75. The van der Waals surface area contributed by atoms with Crippen molar-refractivity contribution in [2.45, 2.75) is 12.5 Å². The average molecular weight is 366 g/mol. The number of thiazole rings is 1. The summed E-state index contributed by atoms with van der Waals surface area (Å²) in [6, 6.07) is 13.8. The summed E-state index contributed by atoms with van der Waals surface area (Å²) in [5.41, 5.74) is 1.87. The Bertz CT molecular complexity index is 693. The summed E-state index contributed by atoms with van der Waals surface area (Å²) in [7, 11) is 0. The van der Waals surface area contributed by atoms with E-state index in [1.54, 1.807) is 22.7 Å². The molecule has 0 saturated heterocycles. The van der Waals surface area contributed by atoms with Crippen LogP contribution in [0.25, 0.3) is 9.88 Å². The number of halogens is 1. The topological polar surface area (TPSA) is 33.1 Å². The number of nitrogens with zero attached hydrogens (tertiary/aromatic N) is 1. The van der Waals surface area contributed by atoms with Crippen LogP contribution in [0.5, 0.6) is 0 Å². The van der Waals surface area contributed by atoms with E-state index in [1.165, 1.54) is 0 Å². The molecule has 0 aliphatic carbocycles. The SMILES string of the molecule is OC(Cc1csc(-c2ccc(Br)s2)n1)c1ccccc1. The van der Waals surface area contributed by atoms with Gasteiger partial charge in [0, 0.05) is 11.8 Å². The Kier molecular flexibility index (Phi) is 4.31. The summed E-state index contributed by atoms with van der Waals surface area (Å²) in [5, 5.41) is 13.3. The molecule has 1 N–H and O–H groups in total. The first kappa shape index (κ1) is 13.9. The lowest BCUT2D eigenvalue weighted by atomic mass is 10.1. The van der Waals surface area contributed by atoms with Crippen molar-refractivity contribution in [2.75, 3.05) is 0 Å². The van der Waals surface area contributed by atoms with Crippen LogP contribution in [-0.2, 0) is 6.42 Å². The van der Waals surface area contributed by atoms with Crippen molar-refractivity contribution in [3.63, 3.8) is 0 Å². The van der Waals surface area contributed by atoms with Gasteiger partial charge in [0.1, 0.15) is 5.01 Å². The minimum Gasteiger partial charge on any atom is -0.388 e. The molecule has 102 valence electrons. The second kappa shape index (κ2) is 6.18. The van der Waals surface area contributed by atoms with E-state index in [-0.39, 0.29) is 0 Å². The van der Waals surface area contributed by atoms with E-state index < -0.39 is 6.10 Å². The number of hydrogen-bond donors (Lipinski definition) is 1. The first-order valence-electron chi connectivity index (χ1n) is 6.15. The fourth-order valence-electron chi connectivity index (χ4n) is 1.93. The third-order valence-corrected chi connectivity index (χ3v) is 5.61. The van der Waals surface area contributed by atoms with E-state index >= 15 is 0 Å². The van der Waals surface area contributed by atoms with Crippen molar-refractivity contribution in [2.24, 2.45) is 0 Å². The first-order valence-corrected chi connectivity index (χ1v) is 8.64. The molecule has 2 nitrogen and oxygen atoms in total. The monoisotopic (exact) mass is 365 g/mol. The van der Waals surface area contributed by atoms with Gasteiger partial charge >= 0.3 is 0 Å². The predicted octanol–water partition coefficient (Wildman–Crippen LogP) is 4.91. The van der Waals surface area contributed by atoms with Crippen molar-refractivity contribution in [1.82, 2.24) is 4.98 Å². The van der Waals surface area contributed by atoms with Crippen LogP contribution < -0.4 is 0 Å². The number of aliphatic hydroxyl groups excluding tert-OH is 1. The second-order valence-electron chi connectivity index (χ2n) is 4.38. The highest BCUT2D eigenvalue weighted by atomic mass is 79.9. The highest BCUT2D eigenvalue weighted by Gasteiger charge is 2.12. The molecule has 0 saturated carbocycles. The molecular formula is C15H12BrNOS2. The number of aliphatic hydroxyl groups is 1. The van der Waals surface area contributed by atoms with E-state index in [0.29, 0.717) is 6.42 Å². The fourth-order valence-corrected chi connectivity index (χ4v) is 4.22. The maximum absolute atomic E-state index is 10.2. The van der Waals surface area contributed by atoms with Crippen molar-refractivity contribution >= 4 is 38.6 Å². The lowest BCUT2D eigenvalue weighted by molar-refractivity contribution is 0.177. The highest BCUT2D eigenvalue weighted by Crippen LogP contribution is 2.33. The Morgan fingerprint density at radius 2 is 1.95 bits per heavy atom. The highest BCUT2D eigenvalue weighted by molar-refractivity contribution is 9.11. The largest absolute Gasteiger partial charge is 0.388 e. The second-order valence-corrected chi connectivity index (χ2v) is 7.70. The van der Waals surface area contributed by atoms with E-state index in [0.717, 1.165) is 24.9 Å². The zero-order chi connectivity index (χ0) is 13.9. The molecule has 0 amide bonds. The smallest absolute Gasteiger partial charge is 0.133 e. The Morgan fingerprint density at radius 3 is 2.65 bits per heavy atom. The lowest BCUT2D eigenvalue weighted by Gasteiger charge is -2.08. The number of thiophene rings is 1. The zero-order valence-corrected chi connectivity index (χ0v) is 13.7. The van der Waals surface area contributed by atoms with E-state index in [2.05, 4.69) is 27.0 Å². The van der Waals surface area contributed by atoms with E-state index in [1.807, 2.05) is 41.8 Å². The third kappa shape index (κ3) is 3.17. The summed E-state index contributed by atoms with van der Waals surface area (Å²) in [5.74, 6) is 0. The van der Waals surface area contributed by atoms with Gasteiger partial charge in [-0.2, -0.15) is 0 Å². The molecule has 3 aromatic rings. The maximum Gasteiger partial charge on any atom is 0.133 e. The summed E-state index contributed by atoms with van der Waals surface area (Å²) < 4.78 is 1.11. The summed E-state index contributed by atoms with van der Waals surface area (Å²) in [6.07, 6.45) is 0.0498. The van der Waals surface area contributed by atoms with Gasteiger partial charge < -0.3 is 5.11 Å². The number of hydrogen-bond acceptors (Lipinski definition) is 4. The maximum atomic E-state index is 10.2. The van der Waals surface area contributed by atoms with Crippen molar-refractivity contribution in [3.8, 4) is 9.88 Å². The van der Waals surface area contributed by atoms with Crippen LogP contribution in [0.3, 0.4) is 0 Å². The molecule has 3 rings (SSSR count). The molecule has 1 unspecified atom stereocenters. The van der Waals surface area contributed by atoms with E-state index in [4.69, 9.17) is 0 Å². The molecule has 20 heavy (non-hydrogen) atoms. The van der Waals surface area contributed by atoms with Gasteiger partial charge in [-0.05, 0) is 33.6 Å². The quantitative estimate of drug-likeness (QED) is 0.712. The molecule has 1 atom stereocenters. The van der Waals surface area contributed by atoms with Gasteiger partial charge in [0.25, 0.3) is 0 Å². The van der Waals surface area contributed by atoms with Gasteiger partial charge in [-0.3, -0.25) is 0 Å². The Hall–Kier alpha value is -1.01. The molecule has 0 spiro atoms. The van der Waals surface area contributed by atoms with Crippen molar-refractivity contribution in [1.29, 1.82) is 0 Å². The zero-order valence-electron chi connectivity index (χ0n) is 10.5. The number of aromatic nitrogens is 1. The van der Waals surface area contributed by atoms with Gasteiger partial charge in [-0.1, -0.05) is 30.3 Å². The minimum absolute atomic E-state index is 0.499. The molecule has 0 aliphatic rings. The molecule has 2 heterocycles. The molecule has 2 aromatic heterocycles. The van der Waals surface area contributed by atoms with Crippen molar-refractivity contribution in [3.05, 3.63) is 62.9 Å². The molecule has 0 bridgehead atoms. The number of benzene rings is 1. The van der Waals surface area contributed by atoms with Crippen LogP contribution in [-0.4, -0.2) is 10.1 Å². The van der Waals surface area contributed by atoms with Crippen LogP contribution in [0.2, 0.25) is 0 Å². The van der Waals surface area contributed by atoms with Crippen molar-refractivity contribution < 1.29 is 5.11 Å². The normalized spacial score (nSPS) is 12.5. The lowest BCUT2D eigenvalue weighted by Crippen LogP contribution is -2.01. The van der Waals surface area contributed by atoms with Gasteiger partial charge in [0.2, 0.25) is 0 Å². The molecule has 0 aliphatic heterocycles. The van der Waals surface area contributed by atoms with Crippen LogP contribution >= 0.6 is 38.6 Å². The predicted molar refractivity (Wildman–Crippen MR) is 88.2 cm³/mol. The molecule has 1 aromatic carbocycles. The molecule has 0 fully saturated rings. The Balaban J connectivity index is 1.74. The molecule has 5 heteroatoms. The van der Waals surface area contributed by atoms with Crippen LogP contribution in [0.15, 0.2) is 51.6 Å². The van der Waals surface area contributed by atoms with Gasteiger partial charge in [-0.15, -0.1) is 22.7 Å². The standard InChI is InChI=1S/C15H12BrNOS2/c16-14-7-6-13(20-14)15-17-11(9-19-15)8-12(18)10-4-2-1-3-5-10/h1-7,9,12,18H,8H2. The van der Waals surface area contributed by atoms with Crippen LogP contribution in [0.1, 0.15) is 17.4 Å². The van der Waals surface area contributed by atoms with E-state index in [9.17, 15) is 5.11 Å². The molecular weight excluding hydrogens is 354 g/mol. The average Bonchev–Trinajstić information content (AvgIpc) is 3.09. The minimum atomic E-state index is -0.499. The van der Waals surface area contributed by atoms with Gasteiger partial charge in [0.05, 0.1) is 20.5 Å². The summed E-state index contributed by atoms with van der Waals surface area (Å²) in [4.78, 5) is 5.76. The first-order chi connectivity index (χ1) is 9.72. The van der Waals surface area contributed by atoms with Crippen LogP contribution in [0.4, 0.5) is 0 Å².